The maximum atomic E-state index is 12.1. The van der Waals surface area contributed by atoms with Crippen LogP contribution in [-0.2, 0) is 17.9 Å². The van der Waals surface area contributed by atoms with E-state index >= 15 is 0 Å². The van der Waals surface area contributed by atoms with E-state index in [9.17, 15) is 9.59 Å². The molecule has 0 saturated carbocycles. The molecule has 7 heteroatoms. The number of hydrogen-bond acceptors (Lipinski definition) is 4. The molecule has 1 atom stereocenters. The standard InChI is InChI=1S/C19H21N3O4/c1-13(18(23)20-10-14-5-3-2-4-6-14)22-19(24)21-11-15-7-8-16-17(9-15)26-12-25-16/h2-9,13H,10-12H2,1H3,(H,20,23)(H2,21,22,24)/t13-/m1/s1. The van der Waals surface area contributed by atoms with E-state index in [1.807, 2.05) is 42.5 Å². The van der Waals surface area contributed by atoms with Gasteiger partial charge in [-0.05, 0) is 30.2 Å². The van der Waals surface area contributed by atoms with Crippen molar-refractivity contribution in [1.29, 1.82) is 0 Å². The van der Waals surface area contributed by atoms with Gasteiger partial charge in [0, 0.05) is 13.1 Å². The van der Waals surface area contributed by atoms with Crippen molar-refractivity contribution in [1.82, 2.24) is 16.0 Å². The highest BCUT2D eigenvalue weighted by atomic mass is 16.7. The van der Waals surface area contributed by atoms with Gasteiger partial charge < -0.3 is 25.4 Å². The maximum Gasteiger partial charge on any atom is 0.315 e. The number of carbonyl (C=O) groups is 2. The quantitative estimate of drug-likeness (QED) is 0.739. The van der Waals surface area contributed by atoms with Crippen molar-refractivity contribution in [3.63, 3.8) is 0 Å². The van der Waals surface area contributed by atoms with Crippen molar-refractivity contribution < 1.29 is 19.1 Å². The zero-order valence-electron chi connectivity index (χ0n) is 14.5. The molecule has 3 N–H and O–H groups in total. The number of amides is 3. The minimum absolute atomic E-state index is 0.211. The molecule has 1 aliphatic heterocycles. The van der Waals surface area contributed by atoms with E-state index in [0.29, 0.717) is 24.6 Å². The fourth-order valence-electron chi connectivity index (χ4n) is 2.48. The lowest BCUT2D eigenvalue weighted by Crippen LogP contribution is -2.48. The van der Waals surface area contributed by atoms with Gasteiger partial charge in [-0.1, -0.05) is 36.4 Å². The van der Waals surface area contributed by atoms with Crippen LogP contribution >= 0.6 is 0 Å². The SMILES string of the molecule is C[C@@H](NC(=O)NCc1ccc2c(c1)OCO2)C(=O)NCc1ccccc1. The Kier molecular flexibility index (Phi) is 5.58. The van der Waals surface area contributed by atoms with Gasteiger partial charge in [0.05, 0.1) is 0 Å². The highest BCUT2D eigenvalue weighted by Crippen LogP contribution is 2.32. The van der Waals surface area contributed by atoms with E-state index in [4.69, 9.17) is 9.47 Å². The summed E-state index contributed by atoms with van der Waals surface area (Å²) in [7, 11) is 0. The van der Waals surface area contributed by atoms with Crippen LogP contribution in [0.3, 0.4) is 0 Å². The lowest BCUT2D eigenvalue weighted by molar-refractivity contribution is -0.122. The number of urea groups is 1. The van der Waals surface area contributed by atoms with E-state index in [-0.39, 0.29) is 12.7 Å². The van der Waals surface area contributed by atoms with Gasteiger partial charge in [-0.2, -0.15) is 0 Å². The number of fused-ring (bicyclic) bond motifs is 1. The Morgan fingerprint density at radius 1 is 0.962 bits per heavy atom. The van der Waals surface area contributed by atoms with Crippen LogP contribution in [0.2, 0.25) is 0 Å². The second kappa shape index (κ2) is 8.24. The van der Waals surface area contributed by atoms with Gasteiger partial charge in [-0.15, -0.1) is 0 Å². The van der Waals surface area contributed by atoms with E-state index < -0.39 is 12.1 Å². The molecule has 3 rings (SSSR count). The molecule has 26 heavy (non-hydrogen) atoms. The second-order valence-corrected chi connectivity index (χ2v) is 5.94. The molecular weight excluding hydrogens is 334 g/mol. The second-order valence-electron chi connectivity index (χ2n) is 5.94. The van der Waals surface area contributed by atoms with Crippen molar-refractivity contribution in [2.24, 2.45) is 0 Å². The largest absolute Gasteiger partial charge is 0.454 e. The number of rotatable bonds is 6. The number of ether oxygens (including phenoxy) is 2. The normalized spacial score (nSPS) is 13.0. The third-order valence-corrected chi connectivity index (χ3v) is 3.94. The highest BCUT2D eigenvalue weighted by molar-refractivity contribution is 5.86. The van der Waals surface area contributed by atoms with Crippen LogP contribution in [-0.4, -0.2) is 24.8 Å². The Morgan fingerprint density at radius 3 is 2.50 bits per heavy atom. The smallest absolute Gasteiger partial charge is 0.315 e. The zero-order chi connectivity index (χ0) is 18.4. The third-order valence-electron chi connectivity index (χ3n) is 3.94. The lowest BCUT2D eigenvalue weighted by atomic mass is 10.2. The average Bonchev–Trinajstić information content (AvgIpc) is 3.13. The summed E-state index contributed by atoms with van der Waals surface area (Å²) in [6.07, 6.45) is 0. The minimum Gasteiger partial charge on any atom is -0.454 e. The number of hydrogen-bond donors (Lipinski definition) is 3. The van der Waals surface area contributed by atoms with Crippen LogP contribution in [0.5, 0.6) is 11.5 Å². The predicted octanol–water partition coefficient (Wildman–Crippen LogP) is 1.92. The Morgan fingerprint density at radius 2 is 1.69 bits per heavy atom. The van der Waals surface area contributed by atoms with E-state index in [1.165, 1.54) is 0 Å². The first kappa shape index (κ1) is 17.6. The Balaban J connectivity index is 1.41. The minimum atomic E-state index is -0.643. The maximum absolute atomic E-state index is 12.1. The molecule has 0 bridgehead atoms. The Labute approximate surface area is 151 Å². The average molecular weight is 355 g/mol. The highest BCUT2D eigenvalue weighted by Gasteiger charge is 2.16. The van der Waals surface area contributed by atoms with Crippen LogP contribution in [0.1, 0.15) is 18.1 Å². The van der Waals surface area contributed by atoms with Gasteiger partial charge in [-0.25, -0.2) is 4.79 Å². The van der Waals surface area contributed by atoms with Gasteiger partial charge in [-0.3, -0.25) is 4.79 Å². The van der Waals surface area contributed by atoms with Gasteiger partial charge in [0.25, 0.3) is 0 Å². The number of benzene rings is 2. The fraction of sp³-hybridized carbons (Fsp3) is 0.263. The van der Waals surface area contributed by atoms with Crippen molar-refractivity contribution in [2.75, 3.05) is 6.79 Å². The predicted molar refractivity (Wildman–Crippen MR) is 95.7 cm³/mol. The molecule has 2 aromatic carbocycles. The van der Waals surface area contributed by atoms with Crippen LogP contribution in [0.4, 0.5) is 4.79 Å². The molecule has 0 aromatic heterocycles. The molecule has 0 radical (unpaired) electrons. The molecule has 136 valence electrons. The molecule has 1 heterocycles. The summed E-state index contributed by atoms with van der Waals surface area (Å²) >= 11 is 0. The van der Waals surface area contributed by atoms with Gasteiger partial charge >= 0.3 is 6.03 Å². The first-order valence-electron chi connectivity index (χ1n) is 8.36. The molecule has 0 unspecified atom stereocenters. The number of carbonyl (C=O) groups excluding carboxylic acids is 2. The lowest BCUT2D eigenvalue weighted by Gasteiger charge is -2.15. The summed E-state index contributed by atoms with van der Waals surface area (Å²) in [5.74, 6) is 1.12. The summed E-state index contributed by atoms with van der Waals surface area (Å²) < 4.78 is 10.5. The van der Waals surface area contributed by atoms with Gasteiger partial charge in [0.15, 0.2) is 11.5 Å². The molecule has 0 saturated heterocycles. The fourth-order valence-corrected chi connectivity index (χ4v) is 2.48. The molecule has 1 aliphatic rings. The monoisotopic (exact) mass is 355 g/mol. The molecule has 7 nitrogen and oxygen atoms in total. The van der Waals surface area contributed by atoms with Crippen molar-refractivity contribution >= 4 is 11.9 Å². The first-order valence-corrected chi connectivity index (χ1v) is 8.36. The van der Waals surface area contributed by atoms with Crippen LogP contribution in [0, 0.1) is 0 Å². The van der Waals surface area contributed by atoms with Gasteiger partial charge in [0.2, 0.25) is 12.7 Å². The molecule has 0 fully saturated rings. The summed E-state index contributed by atoms with van der Waals surface area (Å²) in [4.78, 5) is 24.1. The third kappa shape index (κ3) is 4.66. The van der Waals surface area contributed by atoms with Crippen molar-refractivity contribution in [3.8, 4) is 11.5 Å². The summed E-state index contributed by atoms with van der Waals surface area (Å²) in [5.41, 5.74) is 1.88. The molecule has 2 aromatic rings. The molecule has 0 spiro atoms. The van der Waals surface area contributed by atoms with Crippen LogP contribution < -0.4 is 25.4 Å². The van der Waals surface area contributed by atoms with Crippen LogP contribution in [0.15, 0.2) is 48.5 Å². The van der Waals surface area contributed by atoms with Crippen molar-refractivity contribution in [2.45, 2.75) is 26.1 Å². The Bertz CT molecular complexity index is 780. The van der Waals surface area contributed by atoms with E-state index in [0.717, 1.165) is 11.1 Å². The number of nitrogens with one attached hydrogen (secondary N) is 3. The summed E-state index contributed by atoms with van der Waals surface area (Å²) in [6.45, 7) is 2.59. The molecule has 3 amide bonds. The molecular formula is C19H21N3O4. The van der Waals surface area contributed by atoms with Crippen LogP contribution in [0.25, 0.3) is 0 Å². The topological polar surface area (TPSA) is 88.7 Å². The van der Waals surface area contributed by atoms with E-state index in [1.54, 1.807) is 13.0 Å². The molecule has 0 aliphatic carbocycles. The summed E-state index contributed by atoms with van der Waals surface area (Å²) in [6, 6.07) is 14.0. The first-order chi connectivity index (χ1) is 12.6. The van der Waals surface area contributed by atoms with E-state index in [2.05, 4.69) is 16.0 Å². The zero-order valence-corrected chi connectivity index (χ0v) is 14.5. The van der Waals surface area contributed by atoms with Crippen molar-refractivity contribution in [3.05, 3.63) is 59.7 Å². The summed E-state index contributed by atoms with van der Waals surface area (Å²) in [5, 5.41) is 8.14. The Hall–Kier alpha value is -3.22. The van der Waals surface area contributed by atoms with Gasteiger partial charge in [0.1, 0.15) is 6.04 Å².